The Labute approximate surface area is 88.0 Å². The fourth-order valence-corrected chi connectivity index (χ4v) is 1.51. The van der Waals surface area contributed by atoms with E-state index in [1.165, 1.54) is 6.42 Å². The van der Waals surface area contributed by atoms with E-state index in [0.717, 1.165) is 32.1 Å². The minimum absolute atomic E-state index is 0.146. The molecule has 2 heteroatoms. The summed E-state index contributed by atoms with van der Waals surface area (Å²) in [6, 6.07) is 0. The van der Waals surface area contributed by atoms with Gasteiger partial charge in [-0.25, -0.2) is 0 Å². The fraction of sp³-hybridized carbons (Fsp3) is 0.917. The van der Waals surface area contributed by atoms with Crippen LogP contribution < -0.4 is 0 Å². The monoisotopic (exact) mass is 200 g/mol. The first-order valence-corrected chi connectivity index (χ1v) is 5.81. The van der Waals surface area contributed by atoms with E-state index in [4.69, 9.17) is 4.74 Å². The van der Waals surface area contributed by atoms with Crippen molar-refractivity contribution in [2.24, 2.45) is 0 Å². The molecule has 0 aliphatic rings. The number of unbranched alkanes of at least 4 members (excludes halogenated alkanes) is 3. The molecule has 0 aromatic rings. The number of hydrogen-bond donors (Lipinski definition) is 0. The molecule has 0 N–H and O–H groups in total. The van der Waals surface area contributed by atoms with Crippen LogP contribution in [0.5, 0.6) is 0 Å². The number of Topliss-reactive ketones (excluding diaryl/α,β-unsaturated/α-hetero) is 1. The standard InChI is InChI=1S/C12H24O2/c1-4-6-8-9-11(13)12(14-3)10-7-5-2/h12H,4-10H2,1-3H3. The van der Waals surface area contributed by atoms with Gasteiger partial charge in [0.25, 0.3) is 0 Å². The van der Waals surface area contributed by atoms with E-state index in [9.17, 15) is 4.79 Å². The Morgan fingerprint density at radius 2 is 1.79 bits per heavy atom. The highest BCUT2D eigenvalue weighted by Gasteiger charge is 2.15. The molecule has 0 bridgehead atoms. The van der Waals surface area contributed by atoms with Gasteiger partial charge >= 0.3 is 0 Å². The van der Waals surface area contributed by atoms with E-state index in [-0.39, 0.29) is 11.9 Å². The third kappa shape index (κ3) is 6.14. The third-order valence-electron chi connectivity index (χ3n) is 2.49. The Morgan fingerprint density at radius 3 is 2.29 bits per heavy atom. The Morgan fingerprint density at radius 1 is 1.14 bits per heavy atom. The molecule has 0 amide bonds. The molecule has 0 aromatic heterocycles. The van der Waals surface area contributed by atoms with Crippen LogP contribution in [0.4, 0.5) is 0 Å². The lowest BCUT2D eigenvalue weighted by molar-refractivity contribution is -0.129. The summed E-state index contributed by atoms with van der Waals surface area (Å²) in [5.41, 5.74) is 0. The molecule has 0 heterocycles. The zero-order chi connectivity index (χ0) is 10.8. The van der Waals surface area contributed by atoms with Crippen molar-refractivity contribution in [3.8, 4) is 0 Å². The molecule has 0 fully saturated rings. The molecule has 0 radical (unpaired) electrons. The first kappa shape index (κ1) is 13.6. The van der Waals surface area contributed by atoms with Crippen LogP contribution in [0.15, 0.2) is 0 Å². The van der Waals surface area contributed by atoms with Crippen molar-refractivity contribution in [3.05, 3.63) is 0 Å². The summed E-state index contributed by atoms with van der Waals surface area (Å²) in [6.07, 6.45) is 6.97. The highest BCUT2D eigenvalue weighted by atomic mass is 16.5. The predicted molar refractivity (Wildman–Crippen MR) is 59.5 cm³/mol. The van der Waals surface area contributed by atoms with E-state index in [0.29, 0.717) is 6.42 Å². The van der Waals surface area contributed by atoms with Gasteiger partial charge in [-0.1, -0.05) is 39.5 Å². The molecule has 2 nitrogen and oxygen atoms in total. The first-order chi connectivity index (χ1) is 6.76. The quantitative estimate of drug-likeness (QED) is 0.534. The van der Waals surface area contributed by atoms with Crippen LogP contribution in [0.2, 0.25) is 0 Å². The van der Waals surface area contributed by atoms with Crippen LogP contribution in [0.25, 0.3) is 0 Å². The minimum atomic E-state index is -0.146. The molecule has 0 rings (SSSR count). The number of hydrogen-bond acceptors (Lipinski definition) is 2. The summed E-state index contributed by atoms with van der Waals surface area (Å²) in [5.74, 6) is 0.286. The van der Waals surface area contributed by atoms with Crippen molar-refractivity contribution < 1.29 is 9.53 Å². The number of carbonyl (C=O) groups is 1. The van der Waals surface area contributed by atoms with Gasteiger partial charge in [0.05, 0.1) is 0 Å². The average Bonchev–Trinajstić information content (AvgIpc) is 2.19. The minimum Gasteiger partial charge on any atom is -0.374 e. The van der Waals surface area contributed by atoms with E-state index in [1.807, 2.05) is 0 Å². The third-order valence-corrected chi connectivity index (χ3v) is 2.49. The Balaban J connectivity index is 3.67. The highest BCUT2D eigenvalue weighted by Crippen LogP contribution is 2.10. The van der Waals surface area contributed by atoms with Crippen molar-refractivity contribution in [2.75, 3.05) is 7.11 Å². The number of rotatable bonds is 9. The second-order valence-electron chi connectivity index (χ2n) is 3.79. The smallest absolute Gasteiger partial charge is 0.161 e. The first-order valence-electron chi connectivity index (χ1n) is 5.81. The Kier molecular flexibility index (Phi) is 8.95. The Hall–Kier alpha value is -0.370. The lowest BCUT2D eigenvalue weighted by Gasteiger charge is -2.13. The van der Waals surface area contributed by atoms with Crippen molar-refractivity contribution in [1.29, 1.82) is 0 Å². The summed E-state index contributed by atoms with van der Waals surface area (Å²) < 4.78 is 5.20. The molecule has 0 saturated heterocycles. The van der Waals surface area contributed by atoms with Gasteiger partial charge in [0.15, 0.2) is 5.78 Å². The maximum atomic E-state index is 11.6. The van der Waals surface area contributed by atoms with E-state index < -0.39 is 0 Å². The van der Waals surface area contributed by atoms with Crippen molar-refractivity contribution in [3.63, 3.8) is 0 Å². The van der Waals surface area contributed by atoms with Crippen LogP contribution in [0.3, 0.4) is 0 Å². The van der Waals surface area contributed by atoms with Crippen molar-refractivity contribution in [1.82, 2.24) is 0 Å². The average molecular weight is 200 g/mol. The molecule has 0 spiro atoms. The summed E-state index contributed by atoms with van der Waals surface area (Å²) in [5, 5.41) is 0. The van der Waals surface area contributed by atoms with Crippen LogP contribution in [0, 0.1) is 0 Å². The van der Waals surface area contributed by atoms with Crippen molar-refractivity contribution >= 4 is 5.78 Å². The van der Waals surface area contributed by atoms with E-state index in [2.05, 4.69) is 13.8 Å². The lowest BCUT2D eigenvalue weighted by Crippen LogP contribution is -2.22. The molecule has 0 aliphatic heterocycles. The molecule has 0 saturated carbocycles. The van der Waals surface area contributed by atoms with Gasteiger partial charge in [-0.3, -0.25) is 4.79 Å². The van der Waals surface area contributed by atoms with Crippen LogP contribution in [-0.2, 0) is 9.53 Å². The molecule has 0 aromatic carbocycles. The van der Waals surface area contributed by atoms with Crippen LogP contribution in [0.1, 0.15) is 58.8 Å². The largest absolute Gasteiger partial charge is 0.374 e. The van der Waals surface area contributed by atoms with Crippen molar-refractivity contribution in [2.45, 2.75) is 64.9 Å². The maximum Gasteiger partial charge on any atom is 0.161 e. The molecule has 1 atom stereocenters. The molecule has 1 unspecified atom stereocenters. The second kappa shape index (κ2) is 9.20. The summed E-state index contributed by atoms with van der Waals surface area (Å²) in [7, 11) is 1.64. The molecular formula is C12H24O2. The van der Waals surface area contributed by atoms with E-state index in [1.54, 1.807) is 7.11 Å². The predicted octanol–water partition coefficient (Wildman–Crippen LogP) is 3.34. The SMILES string of the molecule is CCCCCC(=O)C(CCCC)OC. The lowest BCUT2D eigenvalue weighted by atomic mass is 10.0. The topological polar surface area (TPSA) is 26.3 Å². The fourth-order valence-electron chi connectivity index (χ4n) is 1.51. The van der Waals surface area contributed by atoms with Gasteiger partial charge in [0.2, 0.25) is 0 Å². The molecule has 84 valence electrons. The van der Waals surface area contributed by atoms with Gasteiger partial charge in [0, 0.05) is 13.5 Å². The normalized spacial score (nSPS) is 12.8. The summed E-state index contributed by atoms with van der Waals surface area (Å²) >= 11 is 0. The van der Waals surface area contributed by atoms with Gasteiger partial charge in [-0.05, 0) is 12.8 Å². The molecule has 0 aliphatic carbocycles. The van der Waals surface area contributed by atoms with Gasteiger partial charge in [-0.15, -0.1) is 0 Å². The Bertz CT molecular complexity index is 143. The van der Waals surface area contributed by atoms with E-state index >= 15 is 0 Å². The van der Waals surface area contributed by atoms with Crippen LogP contribution in [-0.4, -0.2) is 19.0 Å². The zero-order valence-electron chi connectivity index (χ0n) is 9.84. The summed E-state index contributed by atoms with van der Waals surface area (Å²) in [4.78, 5) is 11.6. The highest BCUT2D eigenvalue weighted by molar-refractivity contribution is 5.82. The van der Waals surface area contributed by atoms with Crippen LogP contribution >= 0.6 is 0 Å². The molecular weight excluding hydrogens is 176 g/mol. The second-order valence-corrected chi connectivity index (χ2v) is 3.79. The summed E-state index contributed by atoms with van der Waals surface area (Å²) in [6.45, 7) is 4.28. The number of methoxy groups -OCH3 is 1. The number of ketones is 1. The maximum absolute atomic E-state index is 11.6. The van der Waals surface area contributed by atoms with Gasteiger partial charge in [0.1, 0.15) is 6.10 Å². The number of carbonyl (C=O) groups excluding carboxylic acids is 1. The van der Waals surface area contributed by atoms with Gasteiger partial charge in [-0.2, -0.15) is 0 Å². The number of ether oxygens (including phenoxy) is 1. The molecule has 14 heavy (non-hydrogen) atoms. The zero-order valence-corrected chi connectivity index (χ0v) is 9.84. The van der Waals surface area contributed by atoms with Gasteiger partial charge < -0.3 is 4.74 Å².